The molecule has 0 amide bonds. The van der Waals surface area contributed by atoms with Gasteiger partial charge < -0.3 is 5.11 Å². The molecular formula is C17H14N4O. The second-order valence-corrected chi connectivity index (χ2v) is 4.70. The van der Waals surface area contributed by atoms with Crippen molar-refractivity contribution in [1.82, 2.24) is 15.2 Å². The first kappa shape index (κ1) is 13.9. The molecule has 1 aromatic carbocycles. The van der Waals surface area contributed by atoms with E-state index < -0.39 is 0 Å². The highest BCUT2D eigenvalue weighted by molar-refractivity contribution is 6.03. The molecule has 0 fully saturated rings. The van der Waals surface area contributed by atoms with Crippen molar-refractivity contribution in [2.75, 3.05) is 0 Å². The molecule has 2 heterocycles. The summed E-state index contributed by atoms with van der Waals surface area (Å²) in [6, 6.07) is 15.5. The average molecular weight is 290 g/mol. The van der Waals surface area contributed by atoms with Crippen LogP contribution in [0.4, 0.5) is 5.69 Å². The van der Waals surface area contributed by atoms with Crippen LogP contribution in [0.2, 0.25) is 0 Å². The number of nitrogens with zero attached hydrogens (tertiary/aromatic N) is 4. The number of aromatic nitrogens is 3. The Labute approximate surface area is 128 Å². The number of benzene rings is 1. The van der Waals surface area contributed by atoms with Crippen molar-refractivity contribution in [3.05, 3.63) is 78.2 Å². The van der Waals surface area contributed by atoms with Crippen LogP contribution >= 0.6 is 0 Å². The highest BCUT2D eigenvalue weighted by Crippen LogP contribution is 2.23. The van der Waals surface area contributed by atoms with E-state index in [4.69, 9.17) is 0 Å². The summed E-state index contributed by atoms with van der Waals surface area (Å²) in [4.78, 5) is 8.59. The first-order valence-corrected chi connectivity index (χ1v) is 6.85. The van der Waals surface area contributed by atoms with Gasteiger partial charge in [-0.2, -0.15) is 5.10 Å². The minimum atomic E-state index is -0.179. The standard InChI is InChI=1S/C17H14N4O/c22-17-15(8-11-19-21-17)20-16(14-6-9-18-10-7-14)12-13-4-2-1-3-5-13/h1-11H,12H2,(H,21,22)/b20-16+. The van der Waals surface area contributed by atoms with E-state index >= 15 is 0 Å². The summed E-state index contributed by atoms with van der Waals surface area (Å²) in [7, 11) is 0. The predicted molar refractivity (Wildman–Crippen MR) is 84.3 cm³/mol. The lowest BCUT2D eigenvalue weighted by Crippen LogP contribution is -2.05. The molecule has 22 heavy (non-hydrogen) atoms. The van der Waals surface area contributed by atoms with Gasteiger partial charge in [-0.1, -0.05) is 30.3 Å². The number of pyridine rings is 1. The monoisotopic (exact) mass is 290 g/mol. The molecule has 0 atom stereocenters. The molecule has 0 radical (unpaired) electrons. The molecule has 1 N–H and O–H groups in total. The number of aliphatic imine (C=N–C) groups is 1. The third kappa shape index (κ3) is 3.32. The first-order chi connectivity index (χ1) is 10.8. The molecule has 0 spiro atoms. The molecular weight excluding hydrogens is 276 g/mol. The topological polar surface area (TPSA) is 71.3 Å². The molecule has 0 bridgehead atoms. The molecule has 108 valence electrons. The van der Waals surface area contributed by atoms with Gasteiger partial charge in [0.25, 0.3) is 5.88 Å². The van der Waals surface area contributed by atoms with Crippen LogP contribution in [-0.4, -0.2) is 26.0 Å². The third-order valence-corrected chi connectivity index (χ3v) is 3.16. The van der Waals surface area contributed by atoms with Crippen molar-refractivity contribution in [3.63, 3.8) is 0 Å². The van der Waals surface area contributed by atoms with Gasteiger partial charge in [0.2, 0.25) is 0 Å². The van der Waals surface area contributed by atoms with Crippen LogP contribution in [0.1, 0.15) is 11.1 Å². The van der Waals surface area contributed by atoms with Crippen molar-refractivity contribution in [2.45, 2.75) is 6.42 Å². The number of aromatic hydroxyl groups is 1. The van der Waals surface area contributed by atoms with Crippen molar-refractivity contribution in [1.29, 1.82) is 0 Å². The quantitative estimate of drug-likeness (QED) is 0.750. The summed E-state index contributed by atoms with van der Waals surface area (Å²) in [5.74, 6) is -0.179. The SMILES string of the molecule is Oc1nnccc1/N=C(\Cc1ccccc1)c1ccncc1. The highest BCUT2D eigenvalue weighted by atomic mass is 16.3. The molecule has 0 saturated heterocycles. The van der Waals surface area contributed by atoms with Gasteiger partial charge in [0.05, 0.1) is 11.9 Å². The summed E-state index contributed by atoms with van der Waals surface area (Å²) in [5.41, 5.74) is 3.32. The summed E-state index contributed by atoms with van der Waals surface area (Å²) in [6.45, 7) is 0. The van der Waals surface area contributed by atoms with E-state index in [0.29, 0.717) is 12.1 Å². The van der Waals surface area contributed by atoms with Gasteiger partial charge in [-0.3, -0.25) is 4.98 Å². The summed E-state index contributed by atoms with van der Waals surface area (Å²) < 4.78 is 0. The van der Waals surface area contributed by atoms with Crippen molar-refractivity contribution >= 4 is 11.4 Å². The molecule has 2 aromatic heterocycles. The minimum Gasteiger partial charge on any atom is -0.491 e. The van der Waals surface area contributed by atoms with Crippen LogP contribution in [0.15, 0.2) is 72.1 Å². The van der Waals surface area contributed by atoms with Crippen LogP contribution in [0.3, 0.4) is 0 Å². The van der Waals surface area contributed by atoms with Crippen molar-refractivity contribution in [2.24, 2.45) is 4.99 Å². The molecule has 3 rings (SSSR count). The number of hydrogen-bond acceptors (Lipinski definition) is 5. The Kier molecular flexibility index (Phi) is 4.15. The highest BCUT2D eigenvalue weighted by Gasteiger charge is 2.08. The van der Waals surface area contributed by atoms with Crippen LogP contribution in [-0.2, 0) is 6.42 Å². The van der Waals surface area contributed by atoms with E-state index in [0.717, 1.165) is 16.8 Å². The molecule has 0 saturated carbocycles. The van der Waals surface area contributed by atoms with Gasteiger partial charge in [-0.05, 0) is 29.3 Å². The average Bonchev–Trinajstić information content (AvgIpc) is 2.58. The van der Waals surface area contributed by atoms with Crippen LogP contribution in [0.5, 0.6) is 5.88 Å². The number of rotatable bonds is 4. The zero-order valence-electron chi connectivity index (χ0n) is 11.8. The Morgan fingerprint density at radius 2 is 1.73 bits per heavy atom. The molecule has 3 aromatic rings. The van der Waals surface area contributed by atoms with Gasteiger partial charge in [0.15, 0.2) is 0 Å². The largest absolute Gasteiger partial charge is 0.491 e. The Balaban J connectivity index is 2.02. The lowest BCUT2D eigenvalue weighted by Gasteiger charge is -2.07. The van der Waals surface area contributed by atoms with E-state index in [1.54, 1.807) is 18.5 Å². The van der Waals surface area contributed by atoms with Gasteiger partial charge in [-0.25, -0.2) is 4.99 Å². The van der Waals surface area contributed by atoms with Crippen LogP contribution in [0.25, 0.3) is 0 Å². The van der Waals surface area contributed by atoms with Crippen molar-refractivity contribution < 1.29 is 5.11 Å². The van der Waals surface area contributed by atoms with Gasteiger partial charge in [-0.15, -0.1) is 5.10 Å². The molecule has 5 heteroatoms. The second-order valence-electron chi connectivity index (χ2n) is 4.70. The molecule has 0 aliphatic carbocycles. The zero-order valence-corrected chi connectivity index (χ0v) is 11.8. The first-order valence-electron chi connectivity index (χ1n) is 6.85. The van der Waals surface area contributed by atoms with E-state index in [9.17, 15) is 5.11 Å². The van der Waals surface area contributed by atoms with E-state index in [1.807, 2.05) is 42.5 Å². The molecule has 0 unspecified atom stereocenters. The van der Waals surface area contributed by atoms with Crippen LogP contribution in [0, 0.1) is 0 Å². The smallest absolute Gasteiger partial charge is 0.257 e. The number of hydrogen-bond donors (Lipinski definition) is 1. The zero-order chi connectivity index (χ0) is 15.2. The van der Waals surface area contributed by atoms with E-state index in [1.165, 1.54) is 6.20 Å². The van der Waals surface area contributed by atoms with Crippen LogP contribution < -0.4 is 0 Å². The Bertz CT molecular complexity index is 773. The van der Waals surface area contributed by atoms with E-state index in [-0.39, 0.29) is 5.88 Å². The molecule has 5 nitrogen and oxygen atoms in total. The fourth-order valence-corrected chi connectivity index (χ4v) is 2.09. The normalized spacial score (nSPS) is 11.4. The Hall–Kier alpha value is -3.08. The maximum Gasteiger partial charge on any atom is 0.257 e. The molecule has 0 aliphatic heterocycles. The van der Waals surface area contributed by atoms with Gasteiger partial charge in [0, 0.05) is 18.8 Å². The second kappa shape index (κ2) is 6.58. The summed E-state index contributed by atoms with van der Waals surface area (Å²) >= 11 is 0. The lowest BCUT2D eigenvalue weighted by molar-refractivity contribution is 0.447. The lowest BCUT2D eigenvalue weighted by atomic mass is 10.0. The minimum absolute atomic E-state index is 0.179. The van der Waals surface area contributed by atoms with E-state index in [2.05, 4.69) is 20.2 Å². The van der Waals surface area contributed by atoms with Crippen molar-refractivity contribution in [3.8, 4) is 5.88 Å². The predicted octanol–water partition coefficient (Wildman–Crippen LogP) is 2.94. The summed E-state index contributed by atoms with van der Waals surface area (Å²) in [6.07, 6.45) is 5.60. The molecule has 0 aliphatic rings. The Morgan fingerprint density at radius 3 is 2.45 bits per heavy atom. The third-order valence-electron chi connectivity index (χ3n) is 3.16. The Morgan fingerprint density at radius 1 is 0.955 bits per heavy atom. The van der Waals surface area contributed by atoms with Gasteiger partial charge >= 0.3 is 0 Å². The maximum absolute atomic E-state index is 9.78. The maximum atomic E-state index is 9.78. The fourth-order valence-electron chi connectivity index (χ4n) is 2.09. The summed E-state index contributed by atoms with van der Waals surface area (Å²) in [5, 5.41) is 17.0. The van der Waals surface area contributed by atoms with Gasteiger partial charge in [0.1, 0.15) is 5.69 Å². The fraction of sp³-hybridized carbons (Fsp3) is 0.0588.